The SMILES string of the molecule is O=C(c1cncc(O)c1)N1CCCc2cccc(O)c21. The van der Waals surface area contributed by atoms with Crippen molar-refractivity contribution in [3.05, 3.63) is 47.8 Å². The fourth-order valence-electron chi connectivity index (χ4n) is 2.53. The molecule has 5 heteroatoms. The molecule has 0 spiro atoms. The maximum Gasteiger partial charge on any atom is 0.260 e. The van der Waals surface area contributed by atoms with Crippen molar-refractivity contribution in [2.24, 2.45) is 0 Å². The number of aryl methyl sites for hydroxylation is 1. The smallest absolute Gasteiger partial charge is 0.260 e. The monoisotopic (exact) mass is 270 g/mol. The number of fused-ring (bicyclic) bond motifs is 1. The van der Waals surface area contributed by atoms with E-state index in [0.29, 0.717) is 17.8 Å². The van der Waals surface area contributed by atoms with Gasteiger partial charge < -0.3 is 15.1 Å². The van der Waals surface area contributed by atoms with E-state index >= 15 is 0 Å². The Balaban J connectivity index is 2.03. The lowest BCUT2D eigenvalue weighted by Gasteiger charge is -2.30. The van der Waals surface area contributed by atoms with Gasteiger partial charge in [-0.15, -0.1) is 0 Å². The first-order chi connectivity index (χ1) is 9.66. The molecule has 0 atom stereocenters. The first-order valence-corrected chi connectivity index (χ1v) is 6.43. The molecule has 2 aromatic rings. The number of nitrogens with zero attached hydrogens (tertiary/aromatic N) is 2. The number of rotatable bonds is 1. The Morgan fingerprint density at radius 2 is 2.10 bits per heavy atom. The molecule has 1 amide bonds. The lowest BCUT2D eigenvalue weighted by molar-refractivity contribution is 0.0983. The van der Waals surface area contributed by atoms with Gasteiger partial charge in [-0.05, 0) is 30.5 Å². The Kier molecular flexibility index (Phi) is 3.02. The lowest BCUT2D eigenvalue weighted by atomic mass is 10.0. The molecule has 0 aliphatic carbocycles. The number of pyridine rings is 1. The van der Waals surface area contributed by atoms with Crippen LogP contribution in [0.25, 0.3) is 0 Å². The predicted molar refractivity (Wildman–Crippen MR) is 74.0 cm³/mol. The third kappa shape index (κ3) is 2.07. The Morgan fingerprint density at radius 1 is 1.25 bits per heavy atom. The minimum absolute atomic E-state index is 0.0506. The molecule has 2 heterocycles. The first-order valence-electron chi connectivity index (χ1n) is 6.43. The average molecular weight is 270 g/mol. The highest BCUT2D eigenvalue weighted by molar-refractivity contribution is 6.07. The molecule has 1 aliphatic heterocycles. The predicted octanol–water partition coefficient (Wildman–Crippen LogP) is 2.09. The number of benzene rings is 1. The van der Waals surface area contributed by atoms with Crippen molar-refractivity contribution < 1.29 is 15.0 Å². The summed E-state index contributed by atoms with van der Waals surface area (Å²) in [6, 6.07) is 6.64. The van der Waals surface area contributed by atoms with E-state index in [-0.39, 0.29) is 17.4 Å². The van der Waals surface area contributed by atoms with Crippen LogP contribution in [0.3, 0.4) is 0 Å². The van der Waals surface area contributed by atoms with Crippen LogP contribution in [0.4, 0.5) is 5.69 Å². The fourth-order valence-corrected chi connectivity index (χ4v) is 2.53. The molecule has 1 aliphatic rings. The maximum absolute atomic E-state index is 12.5. The summed E-state index contributed by atoms with van der Waals surface area (Å²) in [4.78, 5) is 17.9. The van der Waals surface area contributed by atoms with Crippen molar-refractivity contribution in [3.8, 4) is 11.5 Å². The highest BCUT2D eigenvalue weighted by Gasteiger charge is 2.26. The Bertz CT molecular complexity index is 670. The van der Waals surface area contributed by atoms with Crippen LogP contribution in [0.2, 0.25) is 0 Å². The number of phenols is 1. The van der Waals surface area contributed by atoms with Crippen molar-refractivity contribution in [2.45, 2.75) is 12.8 Å². The number of phenolic OH excluding ortho intramolecular Hbond substituents is 1. The third-order valence-corrected chi connectivity index (χ3v) is 3.41. The zero-order valence-electron chi connectivity index (χ0n) is 10.8. The second kappa shape index (κ2) is 4.85. The van der Waals surface area contributed by atoms with Gasteiger partial charge in [0.05, 0.1) is 17.4 Å². The van der Waals surface area contributed by atoms with E-state index in [2.05, 4.69) is 4.98 Å². The van der Waals surface area contributed by atoms with Gasteiger partial charge in [0.2, 0.25) is 0 Å². The van der Waals surface area contributed by atoms with Crippen molar-refractivity contribution in [2.75, 3.05) is 11.4 Å². The van der Waals surface area contributed by atoms with E-state index in [1.165, 1.54) is 18.5 Å². The summed E-state index contributed by atoms with van der Waals surface area (Å²) in [5.41, 5.74) is 1.82. The zero-order chi connectivity index (χ0) is 14.1. The number of carbonyl (C=O) groups is 1. The Labute approximate surface area is 116 Å². The molecule has 0 fully saturated rings. The quantitative estimate of drug-likeness (QED) is 0.832. The van der Waals surface area contributed by atoms with E-state index in [9.17, 15) is 15.0 Å². The van der Waals surface area contributed by atoms with Crippen molar-refractivity contribution in [3.63, 3.8) is 0 Å². The molecular weight excluding hydrogens is 256 g/mol. The molecular formula is C15H14N2O3. The van der Waals surface area contributed by atoms with Crippen molar-refractivity contribution >= 4 is 11.6 Å². The Morgan fingerprint density at radius 3 is 2.90 bits per heavy atom. The van der Waals surface area contributed by atoms with E-state index < -0.39 is 0 Å². The number of anilines is 1. The molecule has 102 valence electrons. The third-order valence-electron chi connectivity index (χ3n) is 3.41. The number of aromatic hydroxyl groups is 2. The van der Waals surface area contributed by atoms with Crippen LogP contribution in [-0.2, 0) is 6.42 Å². The number of para-hydroxylation sites is 1. The molecule has 3 rings (SSSR count). The van der Waals surface area contributed by atoms with Crippen LogP contribution >= 0.6 is 0 Å². The summed E-state index contributed by atoms with van der Waals surface area (Å²) >= 11 is 0. The maximum atomic E-state index is 12.5. The summed E-state index contributed by atoms with van der Waals surface area (Å²) in [6.45, 7) is 0.541. The summed E-state index contributed by atoms with van der Waals surface area (Å²) in [5, 5.41) is 19.4. The molecule has 2 N–H and O–H groups in total. The number of hydrogen-bond donors (Lipinski definition) is 2. The van der Waals surface area contributed by atoms with Gasteiger partial charge in [-0.1, -0.05) is 12.1 Å². The van der Waals surface area contributed by atoms with E-state index in [1.807, 2.05) is 6.07 Å². The molecule has 0 unspecified atom stereocenters. The molecule has 1 aromatic heterocycles. The number of aromatic nitrogens is 1. The average Bonchev–Trinajstić information content (AvgIpc) is 2.46. The van der Waals surface area contributed by atoms with Crippen LogP contribution in [0.15, 0.2) is 36.7 Å². The van der Waals surface area contributed by atoms with Crippen LogP contribution in [0, 0.1) is 0 Å². The lowest BCUT2D eigenvalue weighted by Crippen LogP contribution is -2.35. The molecule has 0 radical (unpaired) electrons. The minimum atomic E-state index is -0.268. The van der Waals surface area contributed by atoms with E-state index in [0.717, 1.165) is 18.4 Å². The Hall–Kier alpha value is -2.56. The normalized spacial score (nSPS) is 13.9. The zero-order valence-corrected chi connectivity index (χ0v) is 10.8. The molecule has 0 saturated carbocycles. The van der Waals surface area contributed by atoms with Crippen LogP contribution < -0.4 is 4.90 Å². The second-order valence-electron chi connectivity index (χ2n) is 4.78. The number of amides is 1. The molecule has 0 bridgehead atoms. The molecule has 20 heavy (non-hydrogen) atoms. The summed E-state index contributed by atoms with van der Waals surface area (Å²) in [7, 11) is 0. The van der Waals surface area contributed by atoms with Gasteiger partial charge >= 0.3 is 0 Å². The van der Waals surface area contributed by atoms with Gasteiger partial charge in [-0.3, -0.25) is 9.78 Å². The first kappa shape index (κ1) is 12.5. The van der Waals surface area contributed by atoms with Crippen molar-refractivity contribution in [1.29, 1.82) is 0 Å². The molecule has 5 nitrogen and oxygen atoms in total. The summed E-state index contributed by atoms with van der Waals surface area (Å²) in [5.74, 6) is -0.218. The highest BCUT2D eigenvalue weighted by atomic mass is 16.3. The minimum Gasteiger partial charge on any atom is -0.506 e. The van der Waals surface area contributed by atoms with Gasteiger partial charge in [0.1, 0.15) is 11.5 Å². The van der Waals surface area contributed by atoms with Gasteiger partial charge in [0.25, 0.3) is 5.91 Å². The van der Waals surface area contributed by atoms with E-state index in [1.54, 1.807) is 17.0 Å². The van der Waals surface area contributed by atoms with Gasteiger partial charge in [0.15, 0.2) is 0 Å². The highest BCUT2D eigenvalue weighted by Crippen LogP contribution is 2.36. The fraction of sp³-hybridized carbons (Fsp3) is 0.200. The number of hydrogen-bond acceptors (Lipinski definition) is 4. The van der Waals surface area contributed by atoms with Crippen LogP contribution in [-0.4, -0.2) is 27.6 Å². The largest absolute Gasteiger partial charge is 0.506 e. The second-order valence-corrected chi connectivity index (χ2v) is 4.78. The number of carbonyl (C=O) groups excluding carboxylic acids is 1. The van der Waals surface area contributed by atoms with Crippen molar-refractivity contribution in [1.82, 2.24) is 4.98 Å². The standard InChI is InChI=1S/C15H14N2O3/c18-12-7-11(8-16-9-12)15(20)17-6-2-4-10-3-1-5-13(19)14(10)17/h1,3,5,7-9,18-19H,2,4,6H2. The molecule has 1 aromatic carbocycles. The van der Waals surface area contributed by atoms with Crippen LogP contribution in [0.1, 0.15) is 22.3 Å². The molecule has 0 saturated heterocycles. The van der Waals surface area contributed by atoms with Gasteiger partial charge in [-0.2, -0.15) is 0 Å². The summed E-state index contributed by atoms with van der Waals surface area (Å²) < 4.78 is 0. The summed E-state index contributed by atoms with van der Waals surface area (Å²) in [6.07, 6.45) is 4.37. The van der Waals surface area contributed by atoms with E-state index in [4.69, 9.17) is 0 Å². The van der Waals surface area contributed by atoms with Gasteiger partial charge in [-0.25, -0.2) is 0 Å². The van der Waals surface area contributed by atoms with Crippen LogP contribution in [0.5, 0.6) is 11.5 Å². The van der Waals surface area contributed by atoms with Gasteiger partial charge in [0, 0.05) is 12.7 Å². The topological polar surface area (TPSA) is 73.7 Å².